The molecule has 6 nitrogen and oxygen atoms in total. The van der Waals surface area contributed by atoms with Crippen molar-refractivity contribution < 1.29 is 13.9 Å². The second-order valence-electron chi connectivity index (χ2n) is 7.56. The van der Waals surface area contributed by atoms with Gasteiger partial charge in [-0.2, -0.15) is 4.98 Å². The highest BCUT2D eigenvalue weighted by Crippen LogP contribution is 2.34. The van der Waals surface area contributed by atoms with E-state index in [-0.39, 0.29) is 11.8 Å². The van der Waals surface area contributed by atoms with Crippen molar-refractivity contribution in [2.45, 2.75) is 37.2 Å². The number of nitrogens with zero attached hydrogens (tertiary/aromatic N) is 3. The summed E-state index contributed by atoms with van der Waals surface area (Å²) in [6.07, 6.45) is 4.61. The van der Waals surface area contributed by atoms with Crippen molar-refractivity contribution in [3.63, 3.8) is 0 Å². The number of allylic oxidation sites excluding steroid dienone is 2. The van der Waals surface area contributed by atoms with Gasteiger partial charge in [-0.05, 0) is 30.5 Å². The number of carbonyl (C=O) groups is 1. The number of hydrogen-bond acceptors (Lipinski definition) is 6. The van der Waals surface area contributed by atoms with E-state index in [0.717, 1.165) is 12.0 Å². The molecule has 1 unspecified atom stereocenters. The first-order valence-corrected chi connectivity index (χ1v) is 11.8. The van der Waals surface area contributed by atoms with E-state index in [2.05, 4.69) is 15.4 Å². The molecule has 0 spiro atoms. The molecule has 0 radical (unpaired) electrons. The van der Waals surface area contributed by atoms with Gasteiger partial charge in [0.15, 0.2) is 0 Å². The lowest BCUT2D eigenvalue weighted by atomic mass is 10.0. The fourth-order valence-corrected chi connectivity index (χ4v) is 4.29. The number of nitrogens with one attached hydrogen (secondary N) is 1. The standard InChI is InChI=1S/C25H25FN4O2S/c1-3-15-32-23(31)22-17(2)27-24-28-25(33-16-19-11-7-8-12-20(19)26)29-30(24)21(22)14-13-18-9-5-4-6-10-18/h4-14,21H,3,15-16H2,1-2H3,(H,27,28,29)/b14-13+. The van der Waals surface area contributed by atoms with Gasteiger partial charge in [-0.25, -0.2) is 13.9 Å². The maximum atomic E-state index is 14.0. The van der Waals surface area contributed by atoms with Crippen molar-refractivity contribution in [3.05, 3.63) is 88.9 Å². The zero-order chi connectivity index (χ0) is 23.2. The van der Waals surface area contributed by atoms with E-state index in [4.69, 9.17) is 4.74 Å². The fraction of sp³-hybridized carbons (Fsp3) is 0.240. The summed E-state index contributed by atoms with van der Waals surface area (Å²) in [6, 6.07) is 16.0. The van der Waals surface area contributed by atoms with Crippen LogP contribution in [-0.4, -0.2) is 27.3 Å². The second-order valence-corrected chi connectivity index (χ2v) is 8.50. The summed E-state index contributed by atoms with van der Waals surface area (Å²) in [4.78, 5) is 17.5. The average molecular weight is 465 g/mol. The van der Waals surface area contributed by atoms with Gasteiger partial charge in [0, 0.05) is 11.4 Å². The SMILES string of the molecule is CCCOC(=O)C1=C(C)Nc2nc(SCc3ccccc3F)nn2C1/C=C/c1ccccc1. The summed E-state index contributed by atoms with van der Waals surface area (Å²) in [5, 5.41) is 8.29. The molecule has 0 saturated carbocycles. The fourth-order valence-electron chi connectivity index (χ4n) is 3.47. The van der Waals surface area contributed by atoms with Gasteiger partial charge in [-0.15, -0.1) is 5.10 Å². The molecule has 0 fully saturated rings. The number of halogens is 1. The molecular weight excluding hydrogens is 439 g/mol. The van der Waals surface area contributed by atoms with E-state index in [9.17, 15) is 9.18 Å². The van der Waals surface area contributed by atoms with Crippen LogP contribution < -0.4 is 5.32 Å². The summed E-state index contributed by atoms with van der Waals surface area (Å²) in [5.41, 5.74) is 2.75. The van der Waals surface area contributed by atoms with Crippen molar-refractivity contribution in [1.29, 1.82) is 0 Å². The van der Waals surface area contributed by atoms with Gasteiger partial charge in [0.2, 0.25) is 11.1 Å². The summed E-state index contributed by atoms with van der Waals surface area (Å²) < 4.78 is 21.1. The van der Waals surface area contributed by atoms with Gasteiger partial charge in [0.1, 0.15) is 11.9 Å². The molecule has 1 atom stereocenters. The molecule has 1 aromatic heterocycles. The summed E-state index contributed by atoms with van der Waals surface area (Å²) in [6.45, 7) is 4.13. The molecule has 2 heterocycles. The number of rotatable bonds is 8. The molecule has 3 aromatic rings. The minimum absolute atomic E-state index is 0.255. The van der Waals surface area contributed by atoms with Crippen LogP contribution in [0.4, 0.5) is 10.3 Å². The first-order valence-electron chi connectivity index (χ1n) is 10.8. The molecule has 1 aliphatic heterocycles. The molecule has 4 rings (SSSR count). The normalized spacial score (nSPS) is 15.4. The Balaban J connectivity index is 1.63. The lowest BCUT2D eigenvalue weighted by Gasteiger charge is -2.25. The van der Waals surface area contributed by atoms with Crippen molar-refractivity contribution in [2.24, 2.45) is 0 Å². The first kappa shape index (κ1) is 22.8. The number of fused-ring (bicyclic) bond motifs is 1. The van der Waals surface area contributed by atoms with Crippen molar-refractivity contribution in [2.75, 3.05) is 11.9 Å². The zero-order valence-corrected chi connectivity index (χ0v) is 19.3. The Morgan fingerprint density at radius 1 is 1.21 bits per heavy atom. The van der Waals surface area contributed by atoms with Crippen LogP contribution in [0.2, 0.25) is 0 Å². The Morgan fingerprint density at radius 3 is 2.73 bits per heavy atom. The molecule has 0 aliphatic carbocycles. The molecule has 1 N–H and O–H groups in total. The number of ether oxygens (including phenoxy) is 1. The Hall–Kier alpha value is -3.39. The number of hydrogen-bond donors (Lipinski definition) is 1. The van der Waals surface area contributed by atoms with E-state index < -0.39 is 6.04 Å². The predicted octanol–water partition coefficient (Wildman–Crippen LogP) is 5.62. The Labute approximate surface area is 196 Å². The third-order valence-electron chi connectivity index (χ3n) is 5.12. The van der Waals surface area contributed by atoms with Gasteiger partial charge in [0.05, 0.1) is 12.2 Å². The van der Waals surface area contributed by atoms with E-state index in [1.807, 2.05) is 56.3 Å². The molecule has 170 valence electrons. The van der Waals surface area contributed by atoms with Crippen LogP contribution in [0.25, 0.3) is 6.08 Å². The van der Waals surface area contributed by atoms with Crippen LogP contribution in [0, 0.1) is 5.82 Å². The zero-order valence-electron chi connectivity index (χ0n) is 18.5. The van der Waals surface area contributed by atoms with Crippen LogP contribution in [0.3, 0.4) is 0 Å². The van der Waals surface area contributed by atoms with E-state index in [1.165, 1.54) is 17.8 Å². The lowest BCUT2D eigenvalue weighted by Crippen LogP contribution is -2.28. The molecule has 0 bridgehead atoms. The minimum atomic E-state index is -0.485. The largest absolute Gasteiger partial charge is 0.462 e. The predicted molar refractivity (Wildman–Crippen MR) is 128 cm³/mol. The van der Waals surface area contributed by atoms with Gasteiger partial charge in [-0.3, -0.25) is 0 Å². The smallest absolute Gasteiger partial charge is 0.338 e. The Bertz CT molecular complexity index is 1190. The van der Waals surface area contributed by atoms with Crippen LogP contribution in [0.5, 0.6) is 0 Å². The van der Waals surface area contributed by atoms with Crippen molar-refractivity contribution in [1.82, 2.24) is 14.8 Å². The number of thioether (sulfide) groups is 1. The van der Waals surface area contributed by atoms with Crippen LogP contribution in [0.15, 0.2) is 77.1 Å². The maximum Gasteiger partial charge on any atom is 0.338 e. The third-order valence-corrected chi connectivity index (χ3v) is 6.00. The van der Waals surface area contributed by atoms with Gasteiger partial charge < -0.3 is 10.1 Å². The number of carbonyl (C=O) groups excluding carboxylic acids is 1. The van der Waals surface area contributed by atoms with Gasteiger partial charge in [-0.1, -0.05) is 79.4 Å². The van der Waals surface area contributed by atoms with Crippen LogP contribution in [0.1, 0.15) is 37.4 Å². The van der Waals surface area contributed by atoms with Gasteiger partial charge in [0.25, 0.3) is 0 Å². The highest BCUT2D eigenvalue weighted by molar-refractivity contribution is 7.98. The van der Waals surface area contributed by atoms with E-state index >= 15 is 0 Å². The van der Waals surface area contributed by atoms with Gasteiger partial charge >= 0.3 is 5.97 Å². The van der Waals surface area contributed by atoms with Crippen molar-refractivity contribution >= 4 is 29.8 Å². The first-order chi connectivity index (χ1) is 16.1. The second kappa shape index (κ2) is 10.5. The number of esters is 1. The highest BCUT2D eigenvalue weighted by Gasteiger charge is 2.32. The summed E-state index contributed by atoms with van der Waals surface area (Å²) >= 11 is 1.34. The summed E-state index contributed by atoms with van der Waals surface area (Å²) in [5.74, 6) is 0.289. The molecule has 2 aromatic carbocycles. The molecule has 0 saturated heterocycles. The molecule has 1 aliphatic rings. The number of benzene rings is 2. The number of aromatic nitrogens is 3. The molecule has 8 heteroatoms. The maximum absolute atomic E-state index is 14.0. The molecule has 33 heavy (non-hydrogen) atoms. The monoisotopic (exact) mass is 464 g/mol. The van der Waals surface area contributed by atoms with Crippen LogP contribution in [-0.2, 0) is 15.3 Å². The van der Waals surface area contributed by atoms with Crippen molar-refractivity contribution in [3.8, 4) is 0 Å². The average Bonchev–Trinajstić information content (AvgIpc) is 3.23. The van der Waals surface area contributed by atoms with E-state index in [1.54, 1.807) is 22.9 Å². The molecular formula is C25H25FN4O2S. The number of anilines is 1. The van der Waals surface area contributed by atoms with E-state index in [0.29, 0.717) is 40.3 Å². The Kier molecular flexibility index (Phi) is 7.24. The lowest BCUT2D eigenvalue weighted by molar-refractivity contribution is -0.139. The van der Waals surface area contributed by atoms with Crippen LogP contribution >= 0.6 is 11.8 Å². The summed E-state index contributed by atoms with van der Waals surface area (Å²) in [7, 11) is 0. The quantitative estimate of drug-likeness (QED) is 0.345. The molecule has 0 amide bonds. The Morgan fingerprint density at radius 2 is 1.97 bits per heavy atom. The third kappa shape index (κ3) is 5.34. The topological polar surface area (TPSA) is 69.0 Å². The minimum Gasteiger partial charge on any atom is -0.462 e. The highest BCUT2D eigenvalue weighted by atomic mass is 32.2.